The number of nitrogens with two attached hydrogens (primary N) is 1. The first-order chi connectivity index (χ1) is 16.3. The number of anilines is 2. The summed E-state index contributed by atoms with van der Waals surface area (Å²) >= 11 is 12.4. The molecule has 0 radical (unpaired) electrons. The fourth-order valence-corrected chi connectivity index (χ4v) is 5.48. The van der Waals surface area contributed by atoms with Crippen LogP contribution in [0.4, 0.5) is 11.4 Å². The van der Waals surface area contributed by atoms with Gasteiger partial charge in [0.05, 0.1) is 16.7 Å². The van der Waals surface area contributed by atoms with E-state index >= 15 is 0 Å². The minimum atomic E-state index is -1.70. The van der Waals surface area contributed by atoms with Crippen molar-refractivity contribution in [1.29, 1.82) is 0 Å². The molecule has 2 aromatic rings. The summed E-state index contributed by atoms with van der Waals surface area (Å²) in [5.41, 5.74) is 7.27. The Hall–Kier alpha value is -3.29. The molecule has 2 aliphatic heterocycles. The minimum Gasteiger partial charge on any atom is -0.462 e. The number of amides is 1. The van der Waals surface area contributed by atoms with Crippen molar-refractivity contribution in [1.82, 2.24) is 0 Å². The predicted molar refractivity (Wildman–Crippen MR) is 129 cm³/mol. The van der Waals surface area contributed by atoms with Crippen LogP contribution < -0.4 is 16.0 Å². The van der Waals surface area contributed by atoms with Gasteiger partial charge in [0.15, 0.2) is 5.78 Å². The molecule has 7 nitrogen and oxygen atoms in total. The summed E-state index contributed by atoms with van der Waals surface area (Å²) in [6.07, 6.45) is 1.31. The van der Waals surface area contributed by atoms with Crippen LogP contribution >= 0.6 is 23.2 Å². The lowest BCUT2D eigenvalue weighted by Gasteiger charge is -2.44. The molecule has 0 saturated heterocycles. The molecule has 0 fully saturated rings. The van der Waals surface area contributed by atoms with Gasteiger partial charge < -0.3 is 15.8 Å². The van der Waals surface area contributed by atoms with Gasteiger partial charge in [-0.2, -0.15) is 0 Å². The van der Waals surface area contributed by atoms with Gasteiger partial charge in [-0.05, 0) is 44.0 Å². The lowest BCUT2D eigenvalue weighted by Crippen LogP contribution is -2.53. The first-order valence-corrected chi connectivity index (χ1v) is 11.7. The first-order valence-electron chi connectivity index (χ1n) is 10.9. The average molecular weight is 498 g/mol. The number of carbonyl (C=O) groups is 3. The van der Waals surface area contributed by atoms with Crippen LogP contribution in [-0.4, -0.2) is 24.3 Å². The number of esters is 1. The zero-order chi connectivity index (χ0) is 24.2. The molecule has 1 atom stereocenters. The number of nitrogens with zero attached hydrogens (tertiary/aromatic N) is 1. The summed E-state index contributed by atoms with van der Waals surface area (Å²) < 4.78 is 5.38. The number of hydrogen-bond donors (Lipinski definition) is 2. The molecular formula is C25H21Cl2N3O4. The molecule has 2 heterocycles. The number of ketones is 1. The van der Waals surface area contributed by atoms with E-state index in [1.165, 1.54) is 0 Å². The Kier molecular flexibility index (Phi) is 5.41. The summed E-state index contributed by atoms with van der Waals surface area (Å²) in [5.74, 6) is -1.47. The maximum absolute atomic E-state index is 13.8. The molecule has 3 N–H and O–H groups in total. The van der Waals surface area contributed by atoms with Gasteiger partial charge in [0.1, 0.15) is 16.8 Å². The largest absolute Gasteiger partial charge is 0.462 e. The van der Waals surface area contributed by atoms with E-state index in [1.54, 1.807) is 54.3 Å². The normalized spacial score (nSPS) is 21.6. The van der Waals surface area contributed by atoms with Gasteiger partial charge in [-0.3, -0.25) is 14.5 Å². The van der Waals surface area contributed by atoms with Crippen molar-refractivity contribution in [3.63, 3.8) is 0 Å². The Bertz CT molecular complexity index is 1330. The number of carbonyl (C=O) groups excluding carboxylic acids is 3. The highest BCUT2D eigenvalue weighted by Gasteiger charge is 2.61. The Morgan fingerprint density at radius 3 is 2.65 bits per heavy atom. The monoisotopic (exact) mass is 497 g/mol. The highest BCUT2D eigenvalue weighted by molar-refractivity contribution is 6.42. The third kappa shape index (κ3) is 3.00. The second-order valence-electron chi connectivity index (χ2n) is 8.26. The Morgan fingerprint density at radius 1 is 1.15 bits per heavy atom. The fourth-order valence-electron chi connectivity index (χ4n) is 5.18. The van der Waals surface area contributed by atoms with Crippen LogP contribution in [0.2, 0.25) is 10.0 Å². The summed E-state index contributed by atoms with van der Waals surface area (Å²) in [7, 11) is 0. The van der Waals surface area contributed by atoms with Crippen LogP contribution in [0.15, 0.2) is 65.1 Å². The zero-order valence-electron chi connectivity index (χ0n) is 18.3. The molecule has 0 bridgehead atoms. The summed E-state index contributed by atoms with van der Waals surface area (Å²) in [4.78, 5) is 42.4. The van der Waals surface area contributed by atoms with E-state index in [0.29, 0.717) is 40.5 Å². The number of benzene rings is 2. The van der Waals surface area contributed by atoms with E-state index in [2.05, 4.69) is 5.32 Å². The zero-order valence-corrected chi connectivity index (χ0v) is 19.8. The van der Waals surface area contributed by atoms with E-state index in [9.17, 15) is 14.4 Å². The third-order valence-electron chi connectivity index (χ3n) is 6.46. The maximum atomic E-state index is 13.8. The standard InChI is InChI=1S/C25H21Cl2N3O4/c1-2-34-23(32)21-22(28)30(13-10-11-15(26)16(27)12-13)18-8-5-9-19(31)20(18)25(21)14-6-3-4-7-17(14)29-24(25)33/h3-4,6-7,10-12H,2,5,8-9,28H2,1H3,(H,29,33). The topological polar surface area (TPSA) is 102 Å². The van der Waals surface area contributed by atoms with E-state index in [1.807, 2.05) is 0 Å². The van der Waals surface area contributed by atoms with Crippen LogP contribution in [-0.2, 0) is 24.5 Å². The van der Waals surface area contributed by atoms with Crippen molar-refractivity contribution in [3.05, 3.63) is 80.7 Å². The molecule has 1 aliphatic carbocycles. The smallest absolute Gasteiger partial charge is 0.339 e. The van der Waals surface area contributed by atoms with Crippen molar-refractivity contribution >= 4 is 52.2 Å². The van der Waals surface area contributed by atoms with Crippen LogP contribution in [0.3, 0.4) is 0 Å². The first kappa shape index (κ1) is 22.5. The Labute approximate surface area is 206 Å². The Balaban J connectivity index is 1.89. The molecule has 5 rings (SSSR count). The van der Waals surface area contributed by atoms with Gasteiger partial charge >= 0.3 is 5.97 Å². The molecule has 9 heteroatoms. The van der Waals surface area contributed by atoms with Gasteiger partial charge in [-0.25, -0.2) is 4.79 Å². The van der Waals surface area contributed by atoms with Crippen molar-refractivity contribution in [2.45, 2.75) is 31.6 Å². The summed E-state index contributed by atoms with van der Waals surface area (Å²) in [5, 5.41) is 3.49. The van der Waals surface area contributed by atoms with Crippen LogP contribution in [0.25, 0.3) is 0 Å². The van der Waals surface area contributed by atoms with Crippen LogP contribution in [0, 0.1) is 0 Å². The van der Waals surface area contributed by atoms with Crippen molar-refractivity contribution < 1.29 is 19.1 Å². The average Bonchev–Trinajstić information content (AvgIpc) is 3.08. The van der Waals surface area contributed by atoms with E-state index in [0.717, 1.165) is 0 Å². The molecule has 3 aliphatic rings. The summed E-state index contributed by atoms with van der Waals surface area (Å²) in [6.45, 7) is 1.74. The highest BCUT2D eigenvalue weighted by Crippen LogP contribution is 2.55. The van der Waals surface area contributed by atoms with Gasteiger partial charge in [0.2, 0.25) is 5.91 Å². The number of hydrogen-bond acceptors (Lipinski definition) is 6. The van der Waals surface area contributed by atoms with Gasteiger partial charge in [-0.1, -0.05) is 41.4 Å². The second kappa shape index (κ2) is 8.18. The van der Waals surface area contributed by atoms with E-state index in [4.69, 9.17) is 33.7 Å². The number of fused-ring (bicyclic) bond motifs is 3. The second-order valence-corrected chi connectivity index (χ2v) is 9.08. The van der Waals surface area contributed by atoms with Crippen LogP contribution in [0.1, 0.15) is 31.7 Å². The van der Waals surface area contributed by atoms with Crippen molar-refractivity contribution in [2.24, 2.45) is 5.73 Å². The molecule has 1 amide bonds. The predicted octanol–water partition coefficient (Wildman–Crippen LogP) is 4.44. The number of allylic oxidation sites excluding steroid dienone is 1. The van der Waals surface area contributed by atoms with E-state index in [-0.39, 0.29) is 40.8 Å². The lowest BCUT2D eigenvalue weighted by atomic mass is 9.63. The lowest BCUT2D eigenvalue weighted by molar-refractivity contribution is -0.140. The minimum absolute atomic E-state index is 0.0112. The molecule has 0 aromatic heterocycles. The number of para-hydroxylation sites is 1. The van der Waals surface area contributed by atoms with Gasteiger partial charge in [0.25, 0.3) is 0 Å². The molecule has 34 heavy (non-hydrogen) atoms. The van der Waals surface area contributed by atoms with Gasteiger partial charge in [-0.15, -0.1) is 0 Å². The number of nitrogens with one attached hydrogen (secondary N) is 1. The molecule has 1 spiro atoms. The van der Waals surface area contributed by atoms with Crippen LogP contribution in [0.5, 0.6) is 0 Å². The molecule has 2 aromatic carbocycles. The van der Waals surface area contributed by atoms with Gasteiger partial charge in [0, 0.05) is 34.6 Å². The number of halogens is 2. The maximum Gasteiger partial charge on any atom is 0.339 e. The van der Waals surface area contributed by atoms with E-state index < -0.39 is 17.3 Å². The molecule has 174 valence electrons. The number of ether oxygens (including phenoxy) is 1. The quantitative estimate of drug-likeness (QED) is 0.607. The van der Waals surface area contributed by atoms with Crippen molar-refractivity contribution in [3.8, 4) is 0 Å². The molecule has 1 unspecified atom stereocenters. The number of rotatable bonds is 3. The Morgan fingerprint density at radius 2 is 1.91 bits per heavy atom. The highest BCUT2D eigenvalue weighted by atomic mass is 35.5. The molecular weight excluding hydrogens is 477 g/mol. The third-order valence-corrected chi connectivity index (χ3v) is 7.20. The molecule has 0 saturated carbocycles. The fraction of sp³-hybridized carbons (Fsp3) is 0.240. The summed E-state index contributed by atoms with van der Waals surface area (Å²) in [6, 6.07) is 11.9. The van der Waals surface area contributed by atoms with Crippen molar-refractivity contribution in [2.75, 3.05) is 16.8 Å². The SMILES string of the molecule is CCOC(=O)C1=C(N)N(c2ccc(Cl)c(Cl)c2)C2=C(C(=O)CCC2)C12C(=O)Nc1ccccc12. The number of Topliss-reactive ketones (excluding diaryl/α,β-unsaturated/α-hetero) is 1.